The van der Waals surface area contributed by atoms with Crippen molar-refractivity contribution in [3.63, 3.8) is 0 Å². The molecule has 4 aromatic rings. The molecule has 31 heavy (non-hydrogen) atoms. The molecular weight excluding hydrogens is 439 g/mol. The number of hydrogen-bond donors (Lipinski definition) is 0. The average Bonchev–Trinajstić information content (AvgIpc) is 3.26. The molecule has 0 bridgehead atoms. The van der Waals surface area contributed by atoms with Crippen LogP contribution in [0.15, 0.2) is 58.2 Å². The lowest BCUT2D eigenvalue weighted by Crippen LogP contribution is -2.22. The maximum Gasteiger partial charge on any atom is 0.163 e. The SMILES string of the molecule is COc1cc2c(cc1OCc1ccc3nonc3c1)N(c1ccc(Cl)c(Cl)c1)CN=C2. The number of rotatable bonds is 5. The molecule has 1 aliphatic rings. The molecule has 9 heteroatoms. The number of fused-ring (bicyclic) bond motifs is 2. The van der Waals surface area contributed by atoms with E-state index < -0.39 is 0 Å². The molecule has 0 unspecified atom stereocenters. The summed E-state index contributed by atoms with van der Waals surface area (Å²) in [6.07, 6.45) is 1.82. The van der Waals surface area contributed by atoms with E-state index in [4.69, 9.17) is 37.3 Å². The first-order valence-electron chi connectivity index (χ1n) is 9.41. The van der Waals surface area contributed by atoms with Gasteiger partial charge in [-0.1, -0.05) is 29.3 Å². The summed E-state index contributed by atoms with van der Waals surface area (Å²) in [5.74, 6) is 1.23. The zero-order valence-electron chi connectivity index (χ0n) is 16.4. The van der Waals surface area contributed by atoms with Crippen molar-refractivity contribution in [2.45, 2.75) is 6.61 Å². The average molecular weight is 455 g/mol. The minimum atomic E-state index is 0.332. The van der Waals surface area contributed by atoms with Crippen molar-refractivity contribution < 1.29 is 14.1 Å². The molecule has 1 aromatic heterocycles. The number of ether oxygens (including phenoxy) is 2. The zero-order chi connectivity index (χ0) is 21.4. The summed E-state index contributed by atoms with van der Waals surface area (Å²) in [7, 11) is 1.61. The zero-order valence-corrected chi connectivity index (χ0v) is 17.9. The van der Waals surface area contributed by atoms with Gasteiger partial charge >= 0.3 is 0 Å². The van der Waals surface area contributed by atoms with Crippen LogP contribution in [0.5, 0.6) is 11.5 Å². The standard InChI is InChI=1S/C22H16Cl2N4O3/c1-29-21-7-14-10-25-12-28(15-3-4-16(23)17(24)8-15)20(14)9-22(21)30-11-13-2-5-18-19(6-13)27-31-26-18/h2-10H,11-12H2,1H3. The fourth-order valence-electron chi connectivity index (χ4n) is 3.42. The number of aliphatic imine (C=N–C) groups is 1. The van der Waals surface area contributed by atoms with Crippen LogP contribution in [-0.2, 0) is 6.61 Å². The van der Waals surface area contributed by atoms with Gasteiger partial charge in [-0.2, -0.15) is 0 Å². The van der Waals surface area contributed by atoms with Crippen LogP contribution in [0.4, 0.5) is 11.4 Å². The number of benzene rings is 3. The van der Waals surface area contributed by atoms with Gasteiger partial charge in [-0.15, -0.1) is 0 Å². The first-order valence-corrected chi connectivity index (χ1v) is 10.2. The smallest absolute Gasteiger partial charge is 0.163 e. The molecule has 3 aromatic carbocycles. The molecule has 5 rings (SSSR count). The molecule has 0 spiro atoms. The number of aromatic nitrogens is 2. The third kappa shape index (κ3) is 3.78. The molecule has 7 nitrogen and oxygen atoms in total. The molecule has 0 fully saturated rings. The summed E-state index contributed by atoms with van der Waals surface area (Å²) in [6.45, 7) is 0.783. The minimum absolute atomic E-state index is 0.332. The van der Waals surface area contributed by atoms with E-state index in [9.17, 15) is 0 Å². The summed E-state index contributed by atoms with van der Waals surface area (Å²) in [4.78, 5) is 6.50. The summed E-state index contributed by atoms with van der Waals surface area (Å²) in [5.41, 5.74) is 5.04. The Morgan fingerprint density at radius 2 is 1.84 bits per heavy atom. The van der Waals surface area contributed by atoms with Crippen molar-refractivity contribution in [2.75, 3.05) is 18.7 Å². The van der Waals surface area contributed by atoms with Crippen molar-refractivity contribution in [3.05, 3.63) is 69.7 Å². The third-order valence-electron chi connectivity index (χ3n) is 4.98. The van der Waals surface area contributed by atoms with E-state index >= 15 is 0 Å². The summed E-state index contributed by atoms with van der Waals surface area (Å²) >= 11 is 12.3. The number of halogens is 2. The Morgan fingerprint density at radius 1 is 0.968 bits per heavy atom. The molecule has 0 amide bonds. The quantitative estimate of drug-likeness (QED) is 0.388. The Balaban J connectivity index is 1.47. The van der Waals surface area contributed by atoms with Gasteiger partial charge in [-0.3, -0.25) is 4.99 Å². The molecule has 2 heterocycles. The van der Waals surface area contributed by atoms with E-state index in [-0.39, 0.29) is 0 Å². The molecule has 0 N–H and O–H groups in total. The van der Waals surface area contributed by atoms with Crippen LogP contribution in [0.3, 0.4) is 0 Å². The predicted octanol–water partition coefficient (Wildman–Crippen LogP) is 5.65. The Kier molecular flexibility index (Phi) is 5.13. The van der Waals surface area contributed by atoms with Gasteiger partial charge in [0.1, 0.15) is 24.3 Å². The monoisotopic (exact) mass is 454 g/mol. The number of anilines is 2. The lowest BCUT2D eigenvalue weighted by atomic mass is 10.1. The van der Waals surface area contributed by atoms with E-state index in [1.165, 1.54) is 0 Å². The van der Waals surface area contributed by atoms with Gasteiger partial charge in [0.25, 0.3) is 0 Å². The maximum absolute atomic E-state index is 6.23. The summed E-state index contributed by atoms with van der Waals surface area (Å²) in [5, 5.41) is 8.68. The fraction of sp³-hybridized carbons (Fsp3) is 0.136. The fourth-order valence-corrected chi connectivity index (χ4v) is 3.72. The first kappa shape index (κ1) is 19.7. The highest BCUT2D eigenvalue weighted by Crippen LogP contribution is 2.40. The largest absolute Gasteiger partial charge is 0.493 e. The molecule has 0 saturated heterocycles. The number of nitrogens with zero attached hydrogens (tertiary/aromatic N) is 4. The highest BCUT2D eigenvalue weighted by atomic mass is 35.5. The molecule has 0 radical (unpaired) electrons. The second-order valence-corrected chi connectivity index (χ2v) is 7.73. The summed E-state index contributed by atoms with van der Waals surface area (Å²) in [6, 6.07) is 15.0. The highest BCUT2D eigenvalue weighted by molar-refractivity contribution is 6.42. The van der Waals surface area contributed by atoms with Crippen LogP contribution in [0.25, 0.3) is 11.0 Å². The first-order chi connectivity index (χ1) is 15.1. The van der Waals surface area contributed by atoms with Crippen LogP contribution in [0.2, 0.25) is 10.0 Å². The Morgan fingerprint density at radius 3 is 2.68 bits per heavy atom. The van der Waals surface area contributed by atoms with Gasteiger partial charge < -0.3 is 14.4 Å². The third-order valence-corrected chi connectivity index (χ3v) is 5.72. The van der Waals surface area contributed by atoms with Crippen molar-refractivity contribution >= 4 is 51.8 Å². The van der Waals surface area contributed by atoms with E-state index in [1.807, 2.05) is 53.6 Å². The lowest BCUT2D eigenvalue weighted by Gasteiger charge is -2.29. The van der Waals surface area contributed by atoms with E-state index in [0.29, 0.717) is 45.9 Å². The molecule has 1 aliphatic heterocycles. The normalized spacial score (nSPS) is 12.8. The number of methoxy groups -OCH3 is 1. The van der Waals surface area contributed by atoms with Gasteiger partial charge in [0.05, 0.1) is 22.8 Å². The molecule has 156 valence electrons. The predicted molar refractivity (Wildman–Crippen MR) is 120 cm³/mol. The number of hydrogen-bond acceptors (Lipinski definition) is 7. The second-order valence-electron chi connectivity index (χ2n) is 6.92. The Bertz CT molecular complexity index is 1310. The Hall–Kier alpha value is -3.29. The van der Waals surface area contributed by atoms with Gasteiger partial charge in [-0.25, -0.2) is 4.63 Å². The summed E-state index contributed by atoms with van der Waals surface area (Å²) < 4.78 is 16.4. The van der Waals surface area contributed by atoms with Crippen LogP contribution in [-0.4, -0.2) is 30.3 Å². The van der Waals surface area contributed by atoms with Crippen LogP contribution in [0, 0.1) is 0 Å². The van der Waals surface area contributed by atoms with Crippen LogP contribution >= 0.6 is 23.2 Å². The maximum atomic E-state index is 6.23. The molecular formula is C22H16Cl2N4O3. The second kappa shape index (κ2) is 8.09. The topological polar surface area (TPSA) is 73.0 Å². The molecule has 0 saturated carbocycles. The molecule has 0 atom stereocenters. The lowest BCUT2D eigenvalue weighted by molar-refractivity contribution is 0.284. The van der Waals surface area contributed by atoms with Gasteiger partial charge in [-0.05, 0) is 52.3 Å². The van der Waals surface area contributed by atoms with Crippen LogP contribution in [0.1, 0.15) is 11.1 Å². The minimum Gasteiger partial charge on any atom is -0.493 e. The van der Waals surface area contributed by atoms with E-state index in [1.54, 1.807) is 13.2 Å². The van der Waals surface area contributed by atoms with Crippen LogP contribution < -0.4 is 14.4 Å². The van der Waals surface area contributed by atoms with Crippen molar-refractivity contribution in [1.29, 1.82) is 0 Å². The van der Waals surface area contributed by atoms with Crippen molar-refractivity contribution in [2.24, 2.45) is 4.99 Å². The van der Waals surface area contributed by atoms with Crippen molar-refractivity contribution in [1.82, 2.24) is 10.3 Å². The van der Waals surface area contributed by atoms with Gasteiger partial charge in [0.2, 0.25) is 0 Å². The van der Waals surface area contributed by atoms with Gasteiger partial charge in [0.15, 0.2) is 11.5 Å². The highest BCUT2D eigenvalue weighted by Gasteiger charge is 2.20. The van der Waals surface area contributed by atoms with Gasteiger partial charge in [0, 0.05) is 23.5 Å². The molecule has 0 aliphatic carbocycles. The van der Waals surface area contributed by atoms with Crippen molar-refractivity contribution in [3.8, 4) is 11.5 Å². The van der Waals surface area contributed by atoms with E-state index in [0.717, 1.165) is 22.5 Å². The van der Waals surface area contributed by atoms with E-state index in [2.05, 4.69) is 15.3 Å². The Labute approximate surface area is 187 Å².